The van der Waals surface area contributed by atoms with Gasteiger partial charge < -0.3 is 15.5 Å². The molecule has 0 radical (unpaired) electrons. The van der Waals surface area contributed by atoms with Crippen molar-refractivity contribution < 1.29 is 14.4 Å². The number of nitrogens with one attached hydrogen (secondary N) is 2. The van der Waals surface area contributed by atoms with Crippen LogP contribution in [0.4, 0.5) is 17.1 Å². The number of carbonyl (C=O) groups excluding carboxylic acids is 3. The molecule has 1 aliphatic rings. The monoisotopic (exact) mass is 393 g/mol. The highest BCUT2D eigenvalue weighted by Crippen LogP contribution is 2.30. The molecule has 0 aliphatic carbocycles. The summed E-state index contributed by atoms with van der Waals surface area (Å²) < 4.78 is 0. The Balaban J connectivity index is 1.69. The Kier molecular flexibility index (Phi) is 6.32. The lowest BCUT2D eigenvalue weighted by Gasteiger charge is -2.19. The van der Waals surface area contributed by atoms with Crippen LogP contribution in [0.15, 0.2) is 48.5 Å². The summed E-state index contributed by atoms with van der Waals surface area (Å²) in [6, 6.07) is 14.9. The molecule has 0 spiro atoms. The van der Waals surface area contributed by atoms with Crippen LogP contribution in [0.1, 0.15) is 45.1 Å². The Morgan fingerprint density at radius 3 is 2.45 bits per heavy atom. The zero-order chi connectivity index (χ0) is 21.0. The number of hydrogen-bond donors (Lipinski definition) is 2. The van der Waals surface area contributed by atoms with Crippen LogP contribution in [0, 0.1) is 5.92 Å². The molecule has 2 aromatic rings. The molecule has 6 heteroatoms. The number of para-hydroxylation sites is 1. The van der Waals surface area contributed by atoms with Gasteiger partial charge in [-0.3, -0.25) is 14.4 Å². The number of rotatable bonds is 6. The zero-order valence-electron chi connectivity index (χ0n) is 17.1. The second-order valence-corrected chi connectivity index (χ2v) is 7.52. The number of nitrogens with zero attached hydrogens (tertiary/aromatic N) is 1. The first kappa shape index (κ1) is 20.6. The highest BCUT2D eigenvalue weighted by molar-refractivity contribution is 6.04. The molecule has 3 rings (SSSR count). The second kappa shape index (κ2) is 8.90. The van der Waals surface area contributed by atoms with E-state index in [9.17, 15) is 14.4 Å². The molecule has 2 atom stereocenters. The Bertz CT molecular complexity index is 908. The molecule has 1 fully saturated rings. The summed E-state index contributed by atoms with van der Waals surface area (Å²) in [6.45, 7) is 6.04. The maximum absolute atomic E-state index is 12.8. The van der Waals surface area contributed by atoms with Gasteiger partial charge in [0.1, 0.15) is 0 Å². The number of carbonyl (C=O) groups is 3. The average Bonchev–Trinajstić information content (AvgIpc) is 3.10. The van der Waals surface area contributed by atoms with Crippen molar-refractivity contribution in [1.29, 1.82) is 0 Å². The van der Waals surface area contributed by atoms with Crippen LogP contribution in [-0.4, -0.2) is 24.3 Å². The van der Waals surface area contributed by atoms with Gasteiger partial charge in [-0.05, 0) is 48.2 Å². The molecule has 0 aromatic heterocycles. The third-order valence-corrected chi connectivity index (χ3v) is 5.36. The van der Waals surface area contributed by atoms with Crippen LogP contribution in [-0.2, 0) is 14.4 Å². The first-order valence-corrected chi connectivity index (χ1v) is 9.96. The fraction of sp³-hybridized carbons (Fsp3) is 0.348. The summed E-state index contributed by atoms with van der Waals surface area (Å²) >= 11 is 0. The number of amides is 3. The van der Waals surface area contributed by atoms with Crippen molar-refractivity contribution in [2.75, 3.05) is 22.1 Å². The number of benzene rings is 2. The lowest BCUT2D eigenvalue weighted by molar-refractivity contribution is -0.122. The van der Waals surface area contributed by atoms with Gasteiger partial charge in [-0.1, -0.05) is 32.0 Å². The molecule has 152 valence electrons. The van der Waals surface area contributed by atoms with E-state index in [-0.39, 0.29) is 24.1 Å². The molecule has 0 saturated carbocycles. The predicted molar refractivity (Wildman–Crippen MR) is 115 cm³/mol. The maximum Gasteiger partial charge on any atom is 0.229 e. The highest BCUT2D eigenvalue weighted by atomic mass is 16.2. The zero-order valence-corrected chi connectivity index (χ0v) is 17.1. The van der Waals surface area contributed by atoms with E-state index in [0.29, 0.717) is 18.2 Å². The van der Waals surface area contributed by atoms with Gasteiger partial charge in [-0.15, -0.1) is 0 Å². The lowest BCUT2D eigenvalue weighted by atomic mass is 9.96. The van der Waals surface area contributed by atoms with E-state index < -0.39 is 5.92 Å². The third-order valence-electron chi connectivity index (χ3n) is 5.36. The Labute approximate surface area is 171 Å². The SMILES string of the molecule is CCC(C)c1ccccc1NC(=O)C1CC(=O)N(c2ccc(NC(C)=O)cc2)C1. The fourth-order valence-electron chi connectivity index (χ4n) is 3.56. The maximum atomic E-state index is 12.8. The van der Waals surface area contributed by atoms with Crippen molar-refractivity contribution in [3.05, 3.63) is 54.1 Å². The minimum absolute atomic E-state index is 0.0763. The number of hydrogen-bond acceptors (Lipinski definition) is 3. The predicted octanol–water partition coefficient (Wildman–Crippen LogP) is 4.15. The third kappa shape index (κ3) is 4.83. The van der Waals surface area contributed by atoms with Crippen LogP contribution >= 0.6 is 0 Å². The van der Waals surface area contributed by atoms with Crippen molar-refractivity contribution in [3.63, 3.8) is 0 Å². The summed E-state index contributed by atoms with van der Waals surface area (Å²) in [5.41, 5.74) is 3.32. The van der Waals surface area contributed by atoms with Crippen LogP contribution in [0.2, 0.25) is 0 Å². The van der Waals surface area contributed by atoms with E-state index in [4.69, 9.17) is 0 Å². The van der Waals surface area contributed by atoms with Crippen molar-refractivity contribution >= 4 is 34.8 Å². The van der Waals surface area contributed by atoms with E-state index in [1.807, 2.05) is 24.3 Å². The van der Waals surface area contributed by atoms with Crippen molar-refractivity contribution in [2.45, 2.75) is 39.5 Å². The van der Waals surface area contributed by atoms with Gasteiger partial charge in [-0.25, -0.2) is 0 Å². The van der Waals surface area contributed by atoms with Crippen LogP contribution in [0.3, 0.4) is 0 Å². The van der Waals surface area contributed by atoms with Crippen LogP contribution < -0.4 is 15.5 Å². The van der Waals surface area contributed by atoms with E-state index in [0.717, 1.165) is 23.4 Å². The molecule has 2 unspecified atom stereocenters. The normalized spacial score (nSPS) is 17.1. The summed E-state index contributed by atoms with van der Waals surface area (Å²) in [4.78, 5) is 38.1. The molecule has 0 bridgehead atoms. The number of anilines is 3. The summed E-state index contributed by atoms with van der Waals surface area (Å²) in [7, 11) is 0. The van der Waals surface area contributed by atoms with E-state index in [1.54, 1.807) is 29.2 Å². The van der Waals surface area contributed by atoms with Gasteiger partial charge in [0.2, 0.25) is 17.7 Å². The molecule has 3 amide bonds. The smallest absolute Gasteiger partial charge is 0.229 e. The van der Waals surface area contributed by atoms with Crippen LogP contribution in [0.25, 0.3) is 0 Å². The highest BCUT2D eigenvalue weighted by Gasteiger charge is 2.35. The fourth-order valence-corrected chi connectivity index (χ4v) is 3.56. The van der Waals surface area contributed by atoms with Crippen molar-refractivity contribution in [2.24, 2.45) is 5.92 Å². The average molecular weight is 393 g/mol. The molecular weight excluding hydrogens is 366 g/mol. The van der Waals surface area contributed by atoms with Gasteiger partial charge in [0, 0.05) is 37.0 Å². The van der Waals surface area contributed by atoms with Crippen molar-refractivity contribution in [3.8, 4) is 0 Å². The Hall–Kier alpha value is -3.15. The van der Waals surface area contributed by atoms with Gasteiger partial charge in [0.15, 0.2) is 0 Å². The standard InChI is InChI=1S/C23H27N3O3/c1-4-15(2)20-7-5-6-8-21(20)25-23(29)17-13-22(28)26(14-17)19-11-9-18(10-12-19)24-16(3)27/h5-12,15,17H,4,13-14H2,1-3H3,(H,24,27)(H,25,29). The van der Waals surface area contributed by atoms with Gasteiger partial charge >= 0.3 is 0 Å². The lowest BCUT2D eigenvalue weighted by Crippen LogP contribution is -2.28. The van der Waals surface area contributed by atoms with E-state index in [2.05, 4.69) is 24.5 Å². The molecule has 2 aromatic carbocycles. The largest absolute Gasteiger partial charge is 0.326 e. The summed E-state index contributed by atoms with van der Waals surface area (Å²) in [5.74, 6) is -0.415. The molecule has 6 nitrogen and oxygen atoms in total. The Morgan fingerprint density at radius 1 is 1.10 bits per heavy atom. The first-order valence-electron chi connectivity index (χ1n) is 9.96. The van der Waals surface area contributed by atoms with E-state index >= 15 is 0 Å². The summed E-state index contributed by atoms with van der Waals surface area (Å²) in [5, 5.41) is 5.73. The minimum atomic E-state index is -0.400. The van der Waals surface area contributed by atoms with Gasteiger partial charge in [-0.2, -0.15) is 0 Å². The van der Waals surface area contributed by atoms with E-state index in [1.165, 1.54) is 6.92 Å². The topological polar surface area (TPSA) is 78.5 Å². The molecule has 29 heavy (non-hydrogen) atoms. The van der Waals surface area contributed by atoms with Gasteiger partial charge in [0.25, 0.3) is 0 Å². The van der Waals surface area contributed by atoms with Crippen molar-refractivity contribution in [1.82, 2.24) is 0 Å². The first-order chi connectivity index (χ1) is 13.9. The summed E-state index contributed by atoms with van der Waals surface area (Å²) in [6.07, 6.45) is 1.17. The molecule has 1 heterocycles. The second-order valence-electron chi connectivity index (χ2n) is 7.52. The molecular formula is C23H27N3O3. The molecule has 1 saturated heterocycles. The minimum Gasteiger partial charge on any atom is -0.326 e. The van der Waals surface area contributed by atoms with Gasteiger partial charge in [0.05, 0.1) is 5.92 Å². The molecule has 2 N–H and O–H groups in total. The Morgan fingerprint density at radius 2 is 1.79 bits per heavy atom. The quantitative estimate of drug-likeness (QED) is 0.774. The van der Waals surface area contributed by atoms with Crippen LogP contribution in [0.5, 0.6) is 0 Å². The molecule has 1 aliphatic heterocycles.